The highest BCUT2D eigenvalue weighted by Gasteiger charge is 2.16. The Labute approximate surface area is 120 Å². The van der Waals surface area contributed by atoms with Crippen LogP contribution in [-0.2, 0) is 6.54 Å². The van der Waals surface area contributed by atoms with Crippen molar-refractivity contribution in [2.24, 2.45) is 4.99 Å². The minimum atomic E-state index is 0.0312. The molecule has 5 heteroatoms. The van der Waals surface area contributed by atoms with Crippen LogP contribution in [0.2, 0.25) is 0 Å². The zero-order chi connectivity index (χ0) is 14.4. The maximum absolute atomic E-state index is 12.6. The van der Waals surface area contributed by atoms with Crippen molar-refractivity contribution in [1.29, 1.82) is 0 Å². The molecule has 5 nitrogen and oxygen atoms in total. The van der Waals surface area contributed by atoms with Crippen LogP contribution in [0.25, 0.3) is 21.5 Å². The van der Waals surface area contributed by atoms with E-state index in [1.807, 2.05) is 30.3 Å². The summed E-state index contributed by atoms with van der Waals surface area (Å²) < 4.78 is 1.76. The number of rotatable bonds is 3. The second-order valence-corrected chi connectivity index (χ2v) is 5.20. The highest BCUT2D eigenvalue weighted by Crippen LogP contribution is 2.29. The van der Waals surface area contributed by atoms with Crippen molar-refractivity contribution in [3.8, 4) is 0 Å². The molecule has 0 saturated carbocycles. The standard InChI is InChI=1S/C16H15N3O2/c20-9-7-17-13-5-4-12-14-10(13)2-1-3-11(14)15-18-6-8-19(15)16(12)21/h1-5,17,20H,6-9H2. The molecule has 0 aliphatic carbocycles. The Morgan fingerprint density at radius 1 is 1.19 bits per heavy atom. The lowest BCUT2D eigenvalue weighted by Crippen LogP contribution is -2.30. The van der Waals surface area contributed by atoms with Gasteiger partial charge in [-0.25, -0.2) is 0 Å². The summed E-state index contributed by atoms with van der Waals surface area (Å²) in [4.78, 5) is 17.1. The number of pyridine rings is 1. The maximum Gasteiger partial charge on any atom is 0.260 e. The maximum atomic E-state index is 12.6. The number of anilines is 1. The average molecular weight is 281 g/mol. The van der Waals surface area contributed by atoms with E-state index in [4.69, 9.17) is 5.11 Å². The molecule has 0 spiro atoms. The number of aliphatic hydroxyl groups is 1. The fourth-order valence-corrected chi connectivity index (χ4v) is 3.14. The summed E-state index contributed by atoms with van der Waals surface area (Å²) in [6, 6.07) is 9.78. The smallest absolute Gasteiger partial charge is 0.260 e. The van der Waals surface area contributed by atoms with E-state index in [0.29, 0.717) is 19.6 Å². The minimum Gasteiger partial charge on any atom is -0.395 e. The number of hydrogen-bond donors (Lipinski definition) is 2. The van der Waals surface area contributed by atoms with Crippen LogP contribution in [0.4, 0.5) is 5.69 Å². The molecule has 3 aromatic rings. The molecular formula is C16H15N3O2. The Morgan fingerprint density at radius 2 is 2.05 bits per heavy atom. The second-order valence-electron chi connectivity index (χ2n) is 5.20. The molecule has 21 heavy (non-hydrogen) atoms. The molecule has 0 amide bonds. The number of fused-ring (bicyclic) bond motifs is 2. The van der Waals surface area contributed by atoms with Gasteiger partial charge in [-0.05, 0) is 12.1 Å². The molecule has 2 heterocycles. The van der Waals surface area contributed by atoms with E-state index in [9.17, 15) is 4.79 Å². The van der Waals surface area contributed by atoms with Crippen LogP contribution in [0.5, 0.6) is 0 Å². The predicted octanol–water partition coefficient (Wildman–Crippen LogP) is 0.911. The highest BCUT2D eigenvalue weighted by atomic mass is 16.3. The summed E-state index contributed by atoms with van der Waals surface area (Å²) in [5, 5.41) is 15.9. The van der Waals surface area contributed by atoms with E-state index >= 15 is 0 Å². The minimum absolute atomic E-state index is 0.0312. The molecule has 106 valence electrons. The van der Waals surface area contributed by atoms with Crippen molar-refractivity contribution in [1.82, 2.24) is 4.57 Å². The average Bonchev–Trinajstić information content (AvgIpc) is 3.00. The summed E-state index contributed by atoms with van der Waals surface area (Å²) in [7, 11) is 0. The highest BCUT2D eigenvalue weighted by molar-refractivity contribution is 6.13. The van der Waals surface area contributed by atoms with Gasteiger partial charge in [0.15, 0.2) is 0 Å². The largest absolute Gasteiger partial charge is 0.395 e. The summed E-state index contributed by atoms with van der Waals surface area (Å²) in [6.07, 6.45) is 0. The van der Waals surface area contributed by atoms with Crippen molar-refractivity contribution in [3.63, 3.8) is 0 Å². The lowest BCUT2D eigenvalue weighted by molar-refractivity contribution is 0.311. The van der Waals surface area contributed by atoms with E-state index in [1.54, 1.807) is 4.57 Å². The number of aliphatic hydroxyl groups excluding tert-OH is 1. The van der Waals surface area contributed by atoms with Crippen molar-refractivity contribution in [3.05, 3.63) is 46.2 Å². The van der Waals surface area contributed by atoms with Gasteiger partial charge in [0.05, 0.1) is 13.2 Å². The lowest BCUT2D eigenvalue weighted by atomic mass is 10.0. The van der Waals surface area contributed by atoms with Gasteiger partial charge >= 0.3 is 0 Å². The summed E-state index contributed by atoms with van der Waals surface area (Å²) >= 11 is 0. The molecular weight excluding hydrogens is 266 g/mol. The molecule has 0 unspecified atom stereocenters. The molecule has 2 aromatic carbocycles. The van der Waals surface area contributed by atoms with E-state index in [2.05, 4.69) is 10.3 Å². The van der Waals surface area contributed by atoms with E-state index in [1.165, 1.54) is 0 Å². The summed E-state index contributed by atoms with van der Waals surface area (Å²) in [5.41, 5.74) is 1.76. The lowest BCUT2D eigenvalue weighted by Gasteiger charge is -2.13. The first-order valence-corrected chi connectivity index (χ1v) is 7.08. The van der Waals surface area contributed by atoms with Gasteiger partial charge in [0, 0.05) is 40.3 Å². The van der Waals surface area contributed by atoms with Gasteiger partial charge in [-0.3, -0.25) is 14.4 Å². The van der Waals surface area contributed by atoms with Crippen LogP contribution in [0.15, 0.2) is 40.1 Å². The van der Waals surface area contributed by atoms with Crippen molar-refractivity contribution >= 4 is 27.2 Å². The molecule has 0 fully saturated rings. The first-order chi connectivity index (χ1) is 10.3. The summed E-state index contributed by atoms with van der Waals surface area (Å²) in [5.74, 6) is 0. The molecule has 0 bridgehead atoms. The zero-order valence-electron chi connectivity index (χ0n) is 11.5. The van der Waals surface area contributed by atoms with Crippen LogP contribution in [0, 0.1) is 0 Å². The first kappa shape index (κ1) is 12.3. The summed E-state index contributed by atoms with van der Waals surface area (Å²) in [6.45, 7) is 1.89. The van der Waals surface area contributed by atoms with Crippen LogP contribution >= 0.6 is 0 Å². The zero-order valence-corrected chi connectivity index (χ0v) is 11.5. The van der Waals surface area contributed by atoms with Crippen molar-refractivity contribution in [2.45, 2.75) is 6.54 Å². The second kappa shape index (κ2) is 4.56. The Kier molecular flexibility index (Phi) is 2.68. The quantitative estimate of drug-likeness (QED) is 0.750. The fraction of sp³-hybridized carbons (Fsp3) is 0.250. The third-order valence-electron chi connectivity index (χ3n) is 4.03. The number of benzene rings is 2. The monoisotopic (exact) mass is 281 g/mol. The SMILES string of the molecule is O=c1c2ccc(NCCO)c3cccc(c4n1CCN=4)c32. The molecule has 0 saturated heterocycles. The van der Waals surface area contributed by atoms with Crippen molar-refractivity contribution < 1.29 is 5.11 Å². The molecule has 0 atom stereocenters. The number of aromatic nitrogens is 1. The molecule has 1 aliphatic rings. The van der Waals surface area contributed by atoms with E-state index < -0.39 is 0 Å². The number of hydrogen-bond acceptors (Lipinski definition) is 4. The Balaban J connectivity index is 2.17. The molecule has 2 N–H and O–H groups in total. The van der Waals surface area contributed by atoms with Gasteiger partial charge in [0.25, 0.3) is 5.56 Å². The van der Waals surface area contributed by atoms with Gasteiger partial charge in [-0.1, -0.05) is 18.2 Å². The normalized spacial score (nSPS) is 13.6. The first-order valence-electron chi connectivity index (χ1n) is 7.08. The fourth-order valence-electron chi connectivity index (χ4n) is 3.14. The Hall–Kier alpha value is -2.40. The Morgan fingerprint density at radius 3 is 2.90 bits per heavy atom. The molecule has 1 aliphatic heterocycles. The topological polar surface area (TPSA) is 66.6 Å². The van der Waals surface area contributed by atoms with Gasteiger partial charge in [-0.15, -0.1) is 0 Å². The van der Waals surface area contributed by atoms with Crippen LogP contribution in [-0.4, -0.2) is 29.4 Å². The third-order valence-corrected chi connectivity index (χ3v) is 4.03. The molecule has 1 aromatic heterocycles. The van der Waals surface area contributed by atoms with Crippen LogP contribution in [0.1, 0.15) is 0 Å². The van der Waals surface area contributed by atoms with Crippen LogP contribution < -0.4 is 16.4 Å². The van der Waals surface area contributed by atoms with Gasteiger partial charge in [0.2, 0.25) is 0 Å². The van der Waals surface area contributed by atoms with Gasteiger partial charge in [0.1, 0.15) is 5.49 Å². The predicted molar refractivity (Wildman–Crippen MR) is 82.9 cm³/mol. The van der Waals surface area contributed by atoms with Gasteiger partial charge < -0.3 is 10.4 Å². The number of nitrogens with zero attached hydrogens (tertiary/aromatic N) is 2. The van der Waals surface area contributed by atoms with Crippen LogP contribution in [0.3, 0.4) is 0 Å². The number of nitrogens with one attached hydrogen (secondary N) is 1. The van der Waals surface area contributed by atoms with E-state index in [-0.39, 0.29) is 12.2 Å². The van der Waals surface area contributed by atoms with Crippen molar-refractivity contribution in [2.75, 3.05) is 25.0 Å². The third kappa shape index (κ3) is 1.67. The molecule has 0 radical (unpaired) electrons. The molecule has 4 rings (SSSR count). The van der Waals surface area contributed by atoms with E-state index in [0.717, 1.165) is 32.7 Å². The van der Waals surface area contributed by atoms with Gasteiger partial charge in [-0.2, -0.15) is 0 Å². The Bertz CT molecular complexity index is 959.